The molecule has 0 fully saturated rings. The number of hydrogen-bond acceptors (Lipinski definition) is 1. The van der Waals surface area contributed by atoms with E-state index in [1.165, 1.54) is 5.57 Å². The Labute approximate surface area is 68.1 Å². The minimum Gasteiger partial charge on any atom is -0.490 e. The molecule has 0 amide bonds. The zero-order chi connectivity index (χ0) is 8.27. The fourth-order valence-corrected chi connectivity index (χ4v) is 1.22. The Morgan fingerprint density at radius 1 is 1.45 bits per heavy atom. The molecule has 0 radical (unpaired) electrons. The first-order chi connectivity index (χ1) is 5.27. The van der Waals surface area contributed by atoms with Gasteiger partial charge in [0, 0.05) is 0 Å². The molecule has 1 atom stereocenters. The topological polar surface area (TPSA) is 9.23 Å². The Morgan fingerprint density at radius 3 is 2.73 bits per heavy atom. The third-order valence-corrected chi connectivity index (χ3v) is 1.90. The second-order valence-electron chi connectivity index (χ2n) is 2.76. The van der Waals surface area contributed by atoms with E-state index in [4.69, 9.17) is 4.74 Å². The maximum Gasteiger partial charge on any atom is 0.122 e. The molecule has 0 saturated carbocycles. The van der Waals surface area contributed by atoms with Gasteiger partial charge in [0.15, 0.2) is 0 Å². The summed E-state index contributed by atoms with van der Waals surface area (Å²) in [6, 6.07) is 0. The van der Waals surface area contributed by atoms with Crippen molar-refractivity contribution in [2.45, 2.75) is 25.9 Å². The van der Waals surface area contributed by atoms with Gasteiger partial charge in [0.1, 0.15) is 5.76 Å². The van der Waals surface area contributed by atoms with Crippen LogP contribution in [0.4, 0.5) is 0 Å². The Morgan fingerprint density at radius 2 is 2.18 bits per heavy atom. The largest absolute Gasteiger partial charge is 0.490 e. The lowest BCUT2D eigenvalue weighted by Gasteiger charge is -2.22. The first-order valence-electron chi connectivity index (χ1n) is 3.92. The van der Waals surface area contributed by atoms with E-state index in [1.54, 1.807) is 6.08 Å². The van der Waals surface area contributed by atoms with Crippen molar-refractivity contribution in [2.75, 3.05) is 0 Å². The lowest BCUT2D eigenvalue weighted by atomic mass is 10.0. The lowest BCUT2D eigenvalue weighted by Crippen LogP contribution is -2.13. The highest BCUT2D eigenvalue weighted by Gasteiger charge is 2.14. The zero-order valence-corrected chi connectivity index (χ0v) is 6.97. The number of allylic oxidation sites excluding steroid dienone is 3. The summed E-state index contributed by atoms with van der Waals surface area (Å²) in [5.41, 5.74) is 1.18. The van der Waals surface area contributed by atoms with E-state index in [-0.39, 0.29) is 0 Å². The van der Waals surface area contributed by atoms with Crippen molar-refractivity contribution in [1.82, 2.24) is 0 Å². The van der Waals surface area contributed by atoms with Gasteiger partial charge in [0.25, 0.3) is 0 Å². The van der Waals surface area contributed by atoms with Crippen molar-refractivity contribution in [2.24, 2.45) is 0 Å². The average molecular weight is 150 g/mol. The van der Waals surface area contributed by atoms with Gasteiger partial charge in [-0.2, -0.15) is 0 Å². The smallest absolute Gasteiger partial charge is 0.122 e. The molecule has 1 unspecified atom stereocenters. The van der Waals surface area contributed by atoms with Crippen LogP contribution in [0, 0.1) is 0 Å². The quantitative estimate of drug-likeness (QED) is 0.588. The van der Waals surface area contributed by atoms with E-state index < -0.39 is 0 Å². The van der Waals surface area contributed by atoms with Crippen LogP contribution in [-0.2, 0) is 4.74 Å². The van der Waals surface area contributed by atoms with E-state index in [2.05, 4.69) is 20.1 Å². The van der Waals surface area contributed by atoms with Crippen molar-refractivity contribution >= 4 is 0 Å². The third kappa shape index (κ3) is 1.73. The molecule has 0 aliphatic carbocycles. The molecule has 1 aliphatic rings. The second-order valence-corrected chi connectivity index (χ2v) is 2.76. The van der Waals surface area contributed by atoms with Gasteiger partial charge in [-0.1, -0.05) is 19.2 Å². The molecular weight excluding hydrogens is 136 g/mol. The molecule has 0 N–H and O–H groups in total. The third-order valence-electron chi connectivity index (χ3n) is 1.90. The summed E-state index contributed by atoms with van der Waals surface area (Å²) in [6.45, 7) is 9.48. The summed E-state index contributed by atoms with van der Waals surface area (Å²) in [5, 5.41) is 0. The Kier molecular flexibility index (Phi) is 2.53. The number of hydrogen-bond donors (Lipinski definition) is 0. The fourth-order valence-electron chi connectivity index (χ4n) is 1.22. The molecule has 0 spiro atoms. The molecule has 0 aromatic heterocycles. The first-order valence-corrected chi connectivity index (χ1v) is 3.92. The summed E-state index contributed by atoms with van der Waals surface area (Å²) < 4.78 is 5.53. The molecular formula is C10H14O. The van der Waals surface area contributed by atoms with Gasteiger partial charge in [-0.05, 0) is 31.4 Å². The van der Waals surface area contributed by atoms with Crippen molar-refractivity contribution in [1.29, 1.82) is 0 Å². The van der Waals surface area contributed by atoms with Crippen LogP contribution < -0.4 is 0 Å². The standard InChI is InChI=1S/C10H14O/c1-4-9-7-6-8(3)11-10(9)5-2/h4-5,8H,1-2,6-7H2,3H3. The maximum absolute atomic E-state index is 5.53. The molecule has 0 saturated heterocycles. The predicted octanol–water partition coefficient (Wildman–Crippen LogP) is 2.81. The van der Waals surface area contributed by atoms with E-state index in [0.29, 0.717) is 6.10 Å². The van der Waals surface area contributed by atoms with E-state index >= 15 is 0 Å². The van der Waals surface area contributed by atoms with Gasteiger partial charge in [-0.15, -0.1) is 0 Å². The first kappa shape index (κ1) is 8.12. The van der Waals surface area contributed by atoms with Gasteiger partial charge in [-0.3, -0.25) is 0 Å². The SMILES string of the molecule is C=CC1=C(C=C)OC(C)CC1. The van der Waals surface area contributed by atoms with E-state index in [1.807, 2.05) is 6.08 Å². The average Bonchev–Trinajstić information content (AvgIpc) is 2.04. The van der Waals surface area contributed by atoms with Crippen LogP contribution in [0.5, 0.6) is 0 Å². The van der Waals surface area contributed by atoms with Crippen LogP contribution in [0.15, 0.2) is 36.6 Å². The summed E-state index contributed by atoms with van der Waals surface area (Å²) in [6.07, 6.45) is 6.08. The summed E-state index contributed by atoms with van der Waals surface area (Å²) in [4.78, 5) is 0. The molecule has 0 bridgehead atoms. The van der Waals surface area contributed by atoms with Gasteiger partial charge in [0.2, 0.25) is 0 Å². The van der Waals surface area contributed by atoms with Crippen LogP contribution in [0.25, 0.3) is 0 Å². The van der Waals surface area contributed by atoms with Gasteiger partial charge in [0.05, 0.1) is 6.10 Å². The molecule has 1 heteroatoms. The second kappa shape index (κ2) is 3.42. The molecule has 0 aromatic rings. The maximum atomic E-state index is 5.53. The Hall–Kier alpha value is -0.980. The molecule has 1 rings (SSSR count). The summed E-state index contributed by atoms with van der Waals surface area (Å²) >= 11 is 0. The van der Waals surface area contributed by atoms with Crippen LogP contribution in [-0.4, -0.2) is 6.10 Å². The van der Waals surface area contributed by atoms with Crippen LogP contribution in [0.3, 0.4) is 0 Å². The Balaban J connectivity index is 2.82. The highest BCUT2D eigenvalue weighted by Crippen LogP contribution is 2.24. The Bertz CT molecular complexity index is 201. The van der Waals surface area contributed by atoms with Crippen LogP contribution >= 0.6 is 0 Å². The molecule has 1 heterocycles. The molecule has 1 aliphatic heterocycles. The monoisotopic (exact) mass is 150 g/mol. The molecule has 11 heavy (non-hydrogen) atoms. The highest BCUT2D eigenvalue weighted by atomic mass is 16.5. The number of ether oxygens (including phenoxy) is 1. The fraction of sp³-hybridized carbons (Fsp3) is 0.400. The zero-order valence-electron chi connectivity index (χ0n) is 6.97. The van der Waals surface area contributed by atoms with Gasteiger partial charge >= 0.3 is 0 Å². The predicted molar refractivity (Wildman–Crippen MR) is 47.2 cm³/mol. The minimum absolute atomic E-state index is 0.326. The normalized spacial score (nSPS) is 24.3. The van der Waals surface area contributed by atoms with Crippen LogP contribution in [0.2, 0.25) is 0 Å². The molecule has 1 nitrogen and oxygen atoms in total. The van der Waals surface area contributed by atoms with Crippen molar-refractivity contribution in [3.05, 3.63) is 36.6 Å². The van der Waals surface area contributed by atoms with Crippen LogP contribution in [0.1, 0.15) is 19.8 Å². The summed E-state index contributed by atoms with van der Waals surface area (Å²) in [7, 11) is 0. The number of rotatable bonds is 2. The minimum atomic E-state index is 0.326. The van der Waals surface area contributed by atoms with E-state index in [9.17, 15) is 0 Å². The van der Waals surface area contributed by atoms with Gasteiger partial charge in [-0.25, -0.2) is 0 Å². The molecule has 60 valence electrons. The van der Waals surface area contributed by atoms with E-state index in [0.717, 1.165) is 18.6 Å². The lowest BCUT2D eigenvalue weighted by molar-refractivity contribution is 0.117. The summed E-state index contributed by atoms with van der Waals surface area (Å²) in [5.74, 6) is 0.902. The van der Waals surface area contributed by atoms with Crippen molar-refractivity contribution < 1.29 is 4.74 Å². The van der Waals surface area contributed by atoms with Crippen molar-refractivity contribution in [3.8, 4) is 0 Å². The molecule has 0 aromatic carbocycles. The van der Waals surface area contributed by atoms with Gasteiger partial charge < -0.3 is 4.74 Å². The van der Waals surface area contributed by atoms with Crippen molar-refractivity contribution in [3.63, 3.8) is 0 Å². The highest BCUT2D eigenvalue weighted by molar-refractivity contribution is 5.28.